The van der Waals surface area contributed by atoms with E-state index in [0.717, 1.165) is 37.3 Å². The number of aromatic hydroxyl groups is 1. The van der Waals surface area contributed by atoms with Gasteiger partial charge in [-0.2, -0.15) is 0 Å². The first-order chi connectivity index (χ1) is 8.72. The zero-order valence-electron chi connectivity index (χ0n) is 11.4. The van der Waals surface area contributed by atoms with Crippen molar-refractivity contribution in [1.82, 2.24) is 5.32 Å². The van der Waals surface area contributed by atoms with Gasteiger partial charge in [0, 0.05) is 36.4 Å². The van der Waals surface area contributed by atoms with Gasteiger partial charge in [-0.25, -0.2) is 0 Å². The van der Waals surface area contributed by atoms with Crippen LogP contribution >= 0.6 is 0 Å². The van der Waals surface area contributed by atoms with E-state index in [1.54, 1.807) is 0 Å². The first-order valence-corrected chi connectivity index (χ1v) is 7.03. The van der Waals surface area contributed by atoms with Crippen LogP contribution in [0, 0.1) is 0 Å². The molecule has 1 aliphatic heterocycles. The van der Waals surface area contributed by atoms with Gasteiger partial charge >= 0.3 is 0 Å². The lowest BCUT2D eigenvalue weighted by atomic mass is 10.1. The van der Waals surface area contributed by atoms with Crippen LogP contribution in [0.4, 0.5) is 5.69 Å². The predicted octanol–water partition coefficient (Wildman–Crippen LogP) is 3.05. The number of benzene rings is 1. The Morgan fingerprint density at radius 2 is 2.06 bits per heavy atom. The minimum atomic E-state index is 0.206. The summed E-state index contributed by atoms with van der Waals surface area (Å²) in [6.45, 7) is 7.45. The molecule has 0 spiro atoms. The van der Waals surface area contributed by atoms with Crippen LogP contribution < -0.4 is 10.2 Å². The van der Waals surface area contributed by atoms with Gasteiger partial charge < -0.3 is 15.3 Å². The first-order valence-electron chi connectivity index (χ1n) is 7.03. The zero-order valence-corrected chi connectivity index (χ0v) is 11.4. The molecule has 2 N–H and O–H groups in total. The first kappa shape index (κ1) is 13.2. The van der Waals surface area contributed by atoms with Crippen molar-refractivity contribution in [2.45, 2.75) is 39.2 Å². The Kier molecular flexibility index (Phi) is 4.48. The third-order valence-electron chi connectivity index (χ3n) is 3.65. The Bertz CT molecular complexity index is 386. The maximum Gasteiger partial charge on any atom is 0.122 e. The molecule has 0 aliphatic carbocycles. The quantitative estimate of drug-likeness (QED) is 0.840. The SMILES string of the molecule is CCCNC(C)c1ccc(N2CCCC2)cc1O. The normalized spacial score (nSPS) is 17.1. The lowest BCUT2D eigenvalue weighted by Crippen LogP contribution is -2.20. The molecule has 1 aromatic rings. The van der Waals surface area contributed by atoms with E-state index in [1.165, 1.54) is 12.8 Å². The topological polar surface area (TPSA) is 35.5 Å². The van der Waals surface area contributed by atoms with Crippen molar-refractivity contribution in [2.24, 2.45) is 0 Å². The number of hydrogen-bond donors (Lipinski definition) is 2. The van der Waals surface area contributed by atoms with Crippen molar-refractivity contribution in [3.63, 3.8) is 0 Å². The monoisotopic (exact) mass is 248 g/mol. The molecule has 1 aromatic carbocycles. The second-order valence-corrected chi connectivity index (χ2v) is 5.11. The number of rotatable bonds is 5. The van der Waals surface area contributed by atoms with Crippen LogP contribution in [-0.2, 0) is 0 Å². The molecule has 1 saturated heterocycles. The summed E-state index contributed by atoms with van der Waals surface area (Å²) in [7, 11) is 0. The van der Waals surface area contributed by atoms with E-state index < -0.39 is 0 Å². The van der Waals surface area contributed by atoms with E-state index >= 15 is 0 Å². The molecule has 3 nitrogen and oxygen atoms in total. The second-order valence-electron chi connectivity index (χ2n) is 5.11. The van der Waals surface area contributed by atoms with E-state index in [-0.39, 0.29) is 6.04 Å². The molecule has 3 heteroatoms. The van der Waals surface area contributed by atoms with Crippen LogP contribution in [0.1, 0.15) is 44.7 Å². The predicted molar refractivity (Wildman–Crippen MR) is 76.3 cm³/mol. The average molecular weight is 248 g/mol. The summed E-state index contributed by atoms with van der Waals surface area (Å²) >= 11 is 0. The van der Waals surface area contributed by atoms with E-state index in [1.807, 2.05) is 6.07 Å². The number of anilines is 1. The molecule has 1 unspecified atom stereocenters. The molecule has 2 rings (SSSR count). The van der Waals surface area contributed by atoms with Crippen LogP contribution in [0.5, 0.6) is 5.75 Å². The fraction of sp³-hybridized carbons (Fsp3) is 0.600. The zero-order chi connectivity index (χ0) is 13.0. The summed E-state index contributed by atoms with van der Waals surface area (Å²) < 4.78 is 0. The van der Waals surface area contributed by atoms with E-state index in [2.05, 4.69) is 36.2 Å². The highest BCUT2D eigenvalue weighted by atomic mass is 16.3. The molecule has 0 radical (unpaired) electrons. The van der Waals surface area contributed by atoms with Crippen LogP contribution in [0.25, 0.3) is 0 Å². The highest BCUT2D eigenvalue weighted by Crippen LogP contribution is 2.30. The van der Waals surface area contributed by atoms with Crippen molar-refractivity contribution in [2.75, 3.05) is 24.5 Å². The van der Waals surface area contributed by atoms with Gasteiger partial charge in [0.25, 0.3) is 0 Å². The largest absolute Gasteiger partial charge is 0.508 e. The van der Waals surface area contributed by atoms with Gasteiger partial charge in [0.2, 0.25) is 0 Å². The van der Waals surface area contributed by atoms with Gasteiger partial charge in [0.1, 0.15) is 5.75 Å². The van der Waals surface area contributed by atoms with E-state index in [0.29, 0.717) is 5.75 Å². The molecule has 1 atom stereocenters. The Hall–Kier alpha value is -1.22. The Balaban J connectivity index is 2.09. The number of hydrogen-bond acceptors (Lipinski definition) is 3. The Morgan fingerprint density at radius 3 is 2.67 bits per heavy atom. The molecular formula is C15H24N2O. The minimum Gasteiger partial charge on any atom is -0.508 e. The number of phenols is 1. The van der Waals surface area contributed by atoms with E-state index in [9.17, 15) is 5.11 Å². The molecule has 1 aliphatic rings. The third kappa shape index (κ3) is 2.96. The van der Waals surface area contributed by atoms with Gasteiger partial charge in [0.05, 0.1) is 0 Å². The van der Waals surface area contributed by atoms with Gasteiger partial charge in [-0.05, 0) is 38.8 Å². The third-order valence-corrected chi connectivity index (χ3v) is 3.65. The van der Waals surface area contributed by atoms with Crippen molar-refractivity contribution < 1.29 is 5.11 Å². The standard InChI is InChI=1S/C15H24N2O/c1-3-8-16-12(2)14-7-6-13(11-15(14)18)17-9-4-5-10-17/h6-7,11-12,16,18H,3-5,8-10H2,1-2H3. The van der Waals surface area contributed by atoms with Gasteiger partial charge in [-0.1, -0.05) is 13.0 Å². The summed E-state index contributed by atoms with van der Waals surface area (Å²) in [6, 6.07) is 6.29. The fourth-order valence-corrected chi connectivity index (χ4v) is 2.54. The lowest BCUT2D eigenvalue weighted by molar-refractivity contribution is 0.452. The Labute approximate surface area is 110 Å². The number of nitrogens with zero attached hydrogens (tertiary/aromatic N) is 1. The second kappa shape index (κ2) is 6.10. The summed E-state index contributed by atoms with van der Waals surface area (Å²) in [5.74, 6) is 0.413. The van der Waals surface area contributed by atoms with Crippen LogP contribution in [0.2, 0.25) is 0 Å². The van der Waals surface area contributed by atoms with Crippen molar-refractivity contribution in [3.05, 3.63) is 23.8 Å². The van der Waals surface area contributed by atoms with Crippen LogP contribution in [0.15, 0.2) is 18.2 Å². The van der Waals surface area contributed by atoms with Gasteiger partial charge in [-0.15, -0.1) is 0 Å². The molecule has 1 fully saturated rings. The molecule has 0 saturated carbocycles. The maximum absolute atomic E-state index is 10.2. The van der Waals surface area contributed by atoms with Gasteiger partial charge in [-0.3, -0.25) is 0 Å². The number of phenolic OH excluding ortho intramolecular Hbond substituents is 1. The summed E-state index contributed by atoms with van der Waals surface area (Å²) in [5, 5.41) is 13.6. The average Bonchev–Trinajstić information content (AvgIpc) is 2.89. The van der Waals surface area contributed by atoms with Crippen molar-refractivity contribution >= 4 is 5.69 Å². The molecular weight excluding hydrogens is 224 g/mol. The molecule has 0 aromatic heterocycles. The van der Waals surface area contributed by atoms with E-state index in [4.69, 9.17) is 0 Å². The fourth-order valence-electron chi connectivity index (χ4n) is 2.54. The summed E-state index contributed by atoms with van der Waals surface area (Å²) in [6.07, 6.45) is 3.63. The molecule has 0 amide bonds. The molecule has 18 heavy (non-hydrogen) atoms. The maximum atomic E-state index is 10.2. The smallest absolute Gasteiger partial charge is 0.122 e. The highest BCUT2D eigenvalue weighted by Gasteiger charge is 2.15. The van der Waals surface area contributed by atoms with Crippen molar-refractivity contribution in [1.29, 1.82) is 0 Å². The molecule has 100 valence electrons. The molecule has 0 bridgehead atoms. The lowest BCUT2D eigenvalue weighted by Gasteiger charge is -2.20. The summed E-state index contributed by atoms with van der Waals surface area (Å²) in [5.41, 5.74) is 2.14. The number of nitrogens with one attached hydrogen (secondary N) is 1. The Morgan fingerprint density at radius 1 is 1.33 bits per heavy atom. The minimum absolute atomic E-state index is 0.206. The van der Waals surface area contributed by atoms with Crippen LogP contribution in [0.3, 0.4) is 0 Å². The van der Waals surface area contributed by atoms with Crippen LogP contribution in [-0.4, -0.2) is 24.7 Å². The highest BCUT2D eigenvalue weighted by molar-refractivity contribution is 5.54. The summed E-state index contributed by atoms with van der Waals surface area (Å²) in [4.78, 5) is 2.34. The van der Waals surface area contributed by atoms with Gasteiger partial charge in [0.15, 0.2) is 0 Å². The molecule has 1 heterocycles. The van der Waals surface area contributed by atoms with Crippen molar-refractivity contribution in [3.8, 4) is 5.75 Å².